The van der Waals surface area contributed by atoms with Gasteiger partial charge in [-0.1, -0.05) is 11.6 Å². The van der Waals surface area contributed by atoms with E-state index in [4.69, 9.17) is 0 Å². The molecule has 0 spiro atoms. The lowest BCUT2D eigenvalue weighted by molar-refractivity contribution is 0.0947. The lowest BCUT2D eigenvalue weighted by Gasteiger charge is -2.10. The van der Waals surface area contributed by atoms with Crippen LogP contribution in [0.1, 0.15) is 21.6 Å². The summed E-state index contributed by atoms with van der Waals surface area (Å²) >= 11 is 0. The van der Waals surface area contributed by atoms with Gasteiger partial charge in [0.25, 0.3) is 5.91 Å². The van der Waals surface area contributed by atoms with Crippen LogP contribution in [-0.4, -0.2) is 28.5 Å². The second-order valence-corrected chi connectivity index (χ2v) is 6.02. The van der Waals surface area contributed by atoms with E-state index in [-0.39, 0.29) is 5.91 Å². The molecular weight excluding hydrogens is 300 g/mol. The van der Waals surface area contributed by atoms with Crippen LogP contribution in [0.2, 0.25) is 0 Å². The number of amides is 1. The molecule has 0 bridgehead atoms. The summed E-state index contributed by atoms with van der Waals surface area (Å²) < 4.78 is 1.94. The van der Waals surface area contributed by atoms with Gasteiger partial charge in [0.2, 0.25) is 0 Å². The minimum absolute atomic E-state index is 0.0559. The molecule has 5 heteroatoms. The zero-order chi connectivity index (χ0) is 17.1. The van der Waals surface area contributed by atoms with Crippen molar-refractivity contribution in [2.75, 3.05) is 18.4 Å². The van der Waals surface area contributed by atoms with Gasteiger partial charge in [0.05, 0.1) is 0 Å². The number of carbonyl (C=O) groups is 1. The van der Waals surface area contributed by atoms with E-state index in [9.17, 15) is 4.79 Å². The highest BCUT2D eigenvalue weighted by Gasteiger charge is 2.12. The number of benzene rings is 1. The maximum absolute atomic E-state index is 12.4. The Labute approximate surface area is 141 Å². The molecule has 3 aromatic rings. The van der Waals surface area contributed by atoms with Crippen LogP contribution in [0.5, 0.6) is 0 Å². The van der Waals surface area contributed by atoms with Gasteiger partial charge in [0.15, 0.2) is 0 Å². The number of nitrogens with zero attached hydrogens (tertiary/aromatic N) is 2. The van der Waals surface area contributed by atoms with E-state index in [1.807, 2.05) is 36.9 Å². The summed E-state index contributed by atoms with van der Waals surface area (Å²) in [7, 11) is 1.92. The standard InChI is InChI=1S/C19H22N4O/c1-13-4-5-17-15(10-13)11-18(23(17)3)19(24)22-9-8-21-16-6-7-20-12-14(16)2/h4-7,10-12H,8-9H2,1-3H3,(H,20,21)(H,22,24). The topological polar surface area (TPSA) is 59.0 Å². The molecular formula is C19H22N4O. The van der Waals surface area contributed by atoms with E-state index in [0.717, 1.165) is 22.2 Å². The van der Waals surface area contributed by atoms with Gasteiger partial charge in [-0.05, 0) is 43.7 Å². The number of nitrogens with one attached hydrogen (secondary N) is 2. The maximum atomic E-state index is 12.4. The van der Waals surface area contributed by atoms with Crippen LogP contribution in [0.15, 0.2) is 42.7 Å². The van der Waals surface area contributed by atoms with Crippen molar-refractivity contribution in [3.8, 4) is 0 Å². The van der Waals surface area contributed by atoms with E-state index >= 15 is 0 Å². The molecule has 24 heavy (non-hydrogen) atoms. The Hall–Kier alpha value is -2.82. The zero-order valence-electron chi connectivity index (χ0n) is 14.3. The van der Waals surface area contributed by atoms with E-state index < -0.39 is 0 Å². The average molecular weight is 322 g/mol. The minimum Gasteiger partial charge on any atom is -0.383 e. The Morgan fingerprint density at radius 2 is 2.00 bits per heavy atom. The first-order chi connectivity index (χ1) is 11.6. The molecule has 0 radical (unpaired) electrons. The van der Waals surface area contributed by atoms with Gasteiger partial charge in [-0.2, -0.15) is 0 Å². The summed E-state index contributed by atoms with van der Waals surface area (Å²) in [6, 6.07) is 10.1. The van der Waals surface area contributed by atoms with E-state index in [1.54, 1.807) is 6.20 Å². The normalized spacial score (nSPS) is 10.8. The molecule has 0 aliphatic heterocycles. The first-order valence-corrected chi connectivity index (χ1v) is 8.05. The molecule has 3 rings (SSSR count). The Morgan fingerprint density at radius 3 is 2.79 bits per heavy atom. The van der Waals surface area contributed by atoms with Gasteiger partial charge < -0.3 is 15.2 Å². The molecule has 124 valence electrons. The van der Waals surface area contributed by atoms with Crippen molar-refractivity contribution in [3.05, 3.63) is 59.5 Å². The van der Waals surface area contributed by atoms with Gasteiger partial charge >= 0.3 is 0 Å². The zero-order valence-corrected chi connectivity index (χ0v) is 14.3. The van der Waals surface area contributed by atoms with Gasteiger partial charge in [-0.3, -0.25) is 9.78 Å². The van der Waals surface area contributed by atoms with E-state index in [2.05, 4.69) is 40.7 Å². The van der Waals surface area contributed by atoms with Crippen LogP contribution in [0.25, 0.3) is 10.9 Å². The Balaban J connectivity index is 1.61. The van der Waals surface area contributed by atoms with Crippen LogP contribution >= 0.6 is 0 Å². The molecule has 0 saturated carbocycles. The molecule has 0 aliphatic carbocycles. The molecule has 1 aromatic carbocycles. The number of hydrogen-bond donors (Lipinski definition) is 2. The molecule has 5 nitrogen and oxygen atoms in total. The first-order valence-electron chi connectivity index (χ1n) is 8.05. The lowest BCUT2D eigenvalue weighted by atomic mass is 10.2. The highest BCUT2D eigenvalue weighted by molar-refractivity contribution is 5.98. The number of hydrogen-bond acceptors (Lipinski definition) is 3. The fourth-order valence-corrected chi connectivity index (χ4v) is 2.82. The predicted molar refractivity (Wildman–Crippen MR) is 97.5 cm³/mol. The van der Waals surface area contributed by atoms with Crippen molar-refractivity contribution in [1.29, 1.82) is 0 Å². The summed E-state index contributed by atoms with van der Waals surface area (Å²) in [5, 5.41) is 7.36. The fraction of sp³-hybridized carbons (Fsp3) is 0.263. The molecule has 0 saturated heterocycles. The molecule has 2 heterocycles. The SMILES string of the molecule is Cc1ccc2c(c1)cc(C(=O)NCCNc1ccncc1C)n2C. The average Bonchev–Trinajstić information content (AvgIpc) is 2.89. The Kier molecular flexibility index (Phi) is 4.51. The van der Waals surface area contributed by atoms with E-state index in [1.165, 1.54) is 5.56 Å². The van der Waals surface area contributed by atoms with E-state index in [0.29, 0.717) is 18.8 Å². The molecule has 0 aliphatic rings. The van der Waals surface area contributed by atoms with Crippen molar-refractivity contribution in [2.24, 2.45) is 7.05 Å². The molecule has 2 N–H and O–H groups in total. The van der Waals surface area contributed by atoms with Crippen LogP contribution in [0, 0.1) is 13.8 Å². The van der Waals surface area contributed by atoms with Crippen LogP contribution in [-0.2, 0) is 7.05 Å². The summed E-state index contributed by atoms with van der Waals surface area (Å²) in [5.74, 6) is -0.0559. The molecule has 0 unspecified atom stereocenters. The van der Waals surface area contributed by atoms with Crippen molar-refractivity contribution < 1.29 is 4.79 Å². The van der Waals surface area contributed by atoms with Gasteiger partial charge in [0, 0.05) is 49.1 Å². The highest BCUT2D eigenvalue weighted by Crippen LogP contribution is 2.20. The van der Waals surface area contributed by atoms with Gasteiger partial charge in [0.1, 0.15) is 5.69 Å². The lowest BCUT2D eigenvalue weighted by Crippen LogP contribution is -2.30. The number of aromatic nitrogens is 2. The third-order valence-electron chi connectivity index (χ3n) is 4.18. The third-order valence-corrected chi connectivity index (χ3v) is 4.18. The van der Waals surface area contributed by atoms with Crippen LogP contribution in [0.4, 0.5) is 5.69 Å². The first kappa shape index (κ1) is 16.1. The van der Waals surface area contributed by atoms with Crippen LogP contribution in [0.3, 0.4) is 0 Å². The fourth-order valence-electron chi connectivity index (χ4n) is 2.82. The minimum atomic E-state index is -0.0559. The van der Waals surface area contributed by atoms with Gasteiger partial charge in [-0.15, -0.1) is 0 Å². The number of fused-ring (bicyclic) bond motifs is 1. The smallest absolute Gasteiger partial charge is 0.267 e. The second kappa shape index (κ2) is 6.74. The number of anilines is 1. The predicted octanol–water partition coefficient (Wildman–Crippen LogP) is 3.03. The van der Waals surface area contributed by atoms with Gasteiger partial charge in [-0.25, -0.2) is 0 Å². The van der Waals surface area contributed by atoms with Crippen molar-refractivity contribution in [3.63, 3.8) is 0 Å². The Bertz CT molecular complexity index is 882. The number of aryl methyl sites for hydroxylation is 3. The summed E-state index contributed by atoms with van der Waals surface area (Å²) in [4.78, 5) is 16.5. The maximum Gasteiger partial charge on any atom is 0.267 e. The summed E-state index contributed by atoms with van der Waals surface area (Å²) in [6.45, 7) is 5.28. The van der Waals surface area contributed by atoms with Crippen molar-refractivity contribution >= 4 is 22.5 Å². The summed E-state index contributed by atoms with van der Waals surface area (Å²) in [5.41, 5.74) is 5.07. The van der Waals surface area contributed by atoms with Crippen molar-refractivity contribution in [1.82, 2.24) is 14.9 Å². The monoisotopic (exact) mass is 322 g/mol. The number of carbonyl (C=O) groups excluding carboxylic acids is 1. The second-order valence-electron chi connectivity index (χ2n) is 6.02. The molecule has 0 fully saturated rings. The summed E-state index contributed by atoms with van der Waals surface area (Å²) in [6.07, 6.45) is 3.57. The van der Waals surface area contributed by atoms with Crippen LogP contribution < -0.4 is 10.6 Å². The molecule has 0 atom stereocenters. The molecule has 2 aromatic heterocycles. The largest absolute Gasteiger partial charge is 0.383 e. The number of rotatable bonds is 5. The third kappa shape index (κ3) is 3.25. The quantitative estimate of drug-likeness (QED) is 0.710. The molecule has 1 amide bonds. The highest BCUT2D eigenvalue weighted by atomic mass is 16.1. The Morgan fingerprint density at radius 1 is 1.17 bits per heavy atom. The number of pyridine rings is 1. The van der Waals surface area contributed by atoms with Crippen molar-refractivity contribution in [2.45, 2.75) is 13.8 Å².